The Morgan fingerprint density at radius 2 is 2.10 bits per heavy atom. The Morgan fingerprint density at radius 3 is 2.60 bits per heavy atom. The van der Waals surface area contributed by atoms with Crippen molar-refractivity contribution in [1.82, 2.24) is 4.72 Å². The van der Waals surface area contributed by atoms with Gasteiger partial charge in [-0.2, -0.15) is 4.72 Å². The van der Waals surface area contributed by atoms with Crippen molar-refractivity contribution < 1.29 is 27.1 Å². The van der Waals surface area contributed by atoms with Crippen molar-refractivity contribution in [3.05, 3.63) is 24.0 Å². The summed E-state index contributed by atoms with van der Waals surface area (Å²) in [6.45, 7) is 3.09. The Morgan fingerprint density at radius 1 is 1.45 bits per heavy atom. The fraction of sp³-hybridized carbons (Fsp3) is 0.417. The van der Waals surface area contributed by atoms with Crippen LogP contribution in [0.15, 0.2) is 23.1 Å². The van der Waals surface area contributed by atoms with Gasteiger partial charge < -0.3 is 9.47 Å². The minimum absolute atomic E-state index is 0.0672. The van der Waals surface area contributed by atoms with Gasteiger partial charge in [-0.3, -0.25) is 4.79 Å². The van der Waals surface area contributed by atoms with Gasteiger partial charge in [-0.1, -0.05) is 0 Å². The molecule has 1 unspecified atom stereocenters. The number of halogens is 1. The summed E-state index contributed by atoms with van der Waals surface area (Å²) in [5.41, 5.74) is 0. The molecule has 0 saturated carbocycles. The van der Waals surface area contributed by atoms with Crippen LogP contribution in [0, 0.1) is 5.82 Å². The zero-order valence-corrected chi connectivity index (χ0v) is 12.2. The second-order valence-corrected chi connectivity index (χ2v) is 5.61. The Hall–Kier alpha value is -1.67. The number of hydrogen-bond donors (Lipinski definition) is 1. The van der Waals surface area contributed by atoms with Crippen molar-refractivity contribution in [3.8, 4) is 5.75 Å². The van der Waals surface area contributed by atoms with E-state index in [-0.39, 0.29) is 17.3 Å². The lowest BCUT2D eigenvalue weighted by molar-refractivity contribution is -0.144. The minimum Gasteiger partial charge on any atom is -0.494 e. The number of sulfonamides is 1. The van der Waals surface area contributed by atoms with Crippen LogP contribution in [0.25, 0.3) is 0 Å². The molecule has 8 heteroatoms. The summed E-state index contributed by atoms with van der Waals surface area (Å²) >= 11 is 0. The van der Waals surface area contributed by atoms with E-state index in [1.807, 2.05) is 0 Å². The van der Waals surface area contributed by atoms with Gasteiger partial charge in [0.1, 0.15) is 6.04 Å². The van der Waals surface area contributed by atoms with Crippen molar-refractivity contribution in [2.24, 2.45) is 0 Å². The van der Waals surface area contributed by atoms with E-state index in [0.717, 1.165) is 6.07 Å². The highest BCUT2D eigenvalue weighted by atomic mass is 32.2. The molecule has 112 valence electrons. The summed E-state index contributed by atoms with van der Waals surface area (Å²) in [5.74, 6) is -1.58. The van der Waals surface area contributed by atoms with Gasteiger partial charge in [-0.05, 0) is 32.0 Å². The van der Waals surface area contributed by atoms with Crippen LogP contribution in [0.2, 0.25) is 0 Å². The first-order chi connectivity index (χ1) is 9.31. The lowest BCUT2D eigenvalue weighted by Gasteiger charge is -2.13. The molecule has 0 saturated heterocycles. The summed E-state index contributed by atoms with van der Waals surface area (Å²) in [6.07, 6.45) is 0. The molecule has 0 aromatic heterocycles. The summed E-state index contributed by atoms with van der Waals surface area (Å²) in [5, 5.41) is 0. The Kier molecular flexibility index (Phi) is 5.46. The van der Waals surface area contributed by atoms with Gasteiger partial charge in [-0.15, -0.1) is 0 Å². The normalized spacial score (nSPS) is 12.8. The first-order valence-electron chi connectivity index (χ1n) is 5.84. The van der Waals surface area contributed by atoms with Gasteiger partial charge in [0, 0.05) is 0 Å². The molecule has 0 radical (unpaired) electrons. The minimum atomic E-state index is -4.02. The first-order valence-corrected chi connectivity index (χ1v) is 7.32. The monoisotopic (exact) mass is 305 g/mol. The molecule has 0 amide bonds. The van der Waals surface area contributed by atoms with Crippen molar-refractivity contribution in [2.75, 3.05) is 13.7 Å². The largest absolute Gasteiger partial charge is 0.494 e. The zero-order valence-electron chi connectivity index (χ0n) is 11.3. The molecule has 0 aliphatic rings. The average molecular weight is 305 g/mol. The molecule has 0 aliphatic heterocycles. The number of carbonyl (C=O) groups excluding carboxylic acids is 1. The summed E-state index contributed by atoms with van der Waals surface area (Å²) in [4.78, 5) is 11.1. The molecule has 1 aromatic carbocycles. The second-order valence-electron chi connectivity index (χ2n) is 3.89. The predicted molar refractivity (Wildman–Crippen MR) is 69.4 cm³/mol. The van der Waals surface area contributed by atoms with Gasteiger partial charge in [-0.25, -0.2) is 12.8 Å². The molecule has 0 bridgehead atoms. The molecule has 6 nitrogen and oxygen atoms in total. The number of ether oxygens (including phenoxy) is 2. The molecule has 1 rings (SSSR count). The highest BCUT2D eigenvalue weighted by Gasteiger charge is 2.23. The van der Waals surface area contributed by atoms with E-state index in [9.17, 15) is 17.6 Å². The molecule has 0 heterocycles. The highest BCUT2D eigenvalue weighted by Crippen LogP contribution is 2.20. The third-order valence-corrected chi connectivity index (χ3v) is 3.94. The van der Waals surface area contributed by atoms with E-state index >= 15 is 0 Å². The van der Waals surface area contributed by atoms with E-state index in [4.69, 9.17) is 4.74 Å². The predicted octanol–water partition coefficient (Wildman–Crippen LogP) is 1.06. The van der Waals surface area contributed by atoms with Gasteiger partial charge in [0.05, 0.1) is 18.6 Å². The Bertz CT molecular complexity index is 588. The standard InChI is InChI=1S/C12H16FNO5S/c1-4-19-12(15)8(2)14-20(16,17)9-5-6-11(18-3)10(13)7-9/h5-8,14H,4H2,1-3H3. The van der Waals surface area contributed by atoms with Crippen LogP contribution < -0.4 is 9.46 Å². The molecule has 1 atom stereocenters. The molecule has 0 spiro atoms. The third-order valence-electron chi connectivity index (χ3n) is 2.41. The Balaban J connectivity index is 2.94. The number of carbonyl (C=O) groups is 1. The van der Waals surface area contributed by atoms with Crippen LogP contribution in [0.4, 0.5) is 4.39 Å². The number of rotatable bonds is 6. The third kappa shape index (κ3) is 3.91. The Labute approximate surface area is 116 Å². The van der Waals surface area contributed by atoms with E-state index in [1.54, 1.807) is 6.92 Å². The summed E-state index contributed by atoms with van der Waals surface area (Å²) in [7, 11) is -2.75. The lowest BCUT2D eigenvalue weighted by atomic mass is 10.3. The molecule has 0 aliphatic carbocycles. The number of nitrogens with one attached hydrogen (secondary N) is 1. The van der Waals surface area contributed by atoms with Crippen LogP contribution in [0.5, 0.6) is 5.75 Å². The molecular weight excluding hydrogens is 289 g/mol. The van der Waals surface area contributed by atoms with Gasteiger partial charge >= 0.3 is 5.97 Å². The first kappa shape index (κ1) is 16.4. The van der Waals surface area contributed by atoms with Crippen LogP contribution >= 0.6 is 0 Å². The summed E-state index contributed by atoms with van der Waals surface area (Å²) < 4.78 is 48.9. The average Bonchev–Trinajstić information content (AvgIpc) is 2.38. The summed E-state index contributed by atoms with van der Waals surface area (Å²) in [6, 6.07) is 2.13. The maximum atomic E-state index is 13.5. The number of hydrogen-bond acceptors (Lipinski definition) is 5. The van der Waals surface area contributed by atoms with Crippen molar-refractivity contribution in [3.63, 3.8) is 0 Å². The number of esters is 1. The number of benzene rings is 1. The van der Waals surface area contributed by atoms with Gasteiger partial charge in [0.25, 0.3) is 0 Å². The van der Waals surface area contributed by atoms with E-state index in [1.165, 1.54) is 26.2 Å². The van der Waals surface area contributed by atoms with E-state index in [2.05, 4.69) is 9.46 Å². The smallest absolute Gasteiger partial charge is 0.323 e. The maximum absolute atomic E-state index is 13.5. The quantitative estimate of drug-likeness (QED) is 0.795. The number of methoxy groups -OCH3 is 1. The molecule has 1 aromatic rings. The van der Waals surface area contributed by atoms with Crippen molar-refractivity contribution >= 4 is 16.0 Å². The maximum Gasteiger partial charge on any atom is 0.323 e. The highest BCUT2D eigenvalue weighted by molar-refractivity contribution is 7.89. The second kappa shape index (κ2) is 6.67. The zero-order chi connectivity index (χ0) is 15.3. The molecule has 1 N–H and O–H groups in total. The molecule has 0 fully saturated rings. The topological polar surface area (TPSA) is 81.7 Å². The van der Waals surface area contributed by atoms with E-state index < -0.39 is 27.9 Å². The van der Waals surface area contributed by atoms with Crippen molar-refractivity contribution in [2.45, 2.75) is 24.8 Å². The van der Waals surface area contributed by atoms with Crippen LogP contribution in [0.1, 0.15) is 13.8 Å². The fourth-order valence-corrected chi connectivity index (χ4v) is 2.63. The SMILES string of the molecule is CCOC(=O)C(C)NS(=O)(=O)c1ccc(OC)c(F)c1. The van der Waals surface area contributed by atoms with Crippen LogP contribution in [-0.4, -0.2) is 34.1 Å². The molecule has 20 heavy (non-hydrogen) atoms. The lowest BCUT2D eigenvalue weighted by Crippen LogP contribution is -2.39. The van der Waals surface area contributed by atoms with Crippen molar-refractivity contribution in [1.29, 1.82) is 0 Å². The fourth-order valence-electron chi connectivity index (χ4n) is 1.43. The van der Waals surface area contributed by atoms with Crippen LogP contribution in [0.3, 0.4) is 0 Å². The molecular formula is C12H16FNO5S. The van der Waals surface area contributed by atoms with Gasteiger partial charge in [0.15, 0.2) is 11.6 Å². The van der Waals surface area contributed by atoms with Crippen LogP contribution in [-0.2, 0) is 19.6 Å². The van der Waals surface area contributed by atoms with E-state index in [0.29, 0.717) is 0 Å². The van der Waals surface area contributed by atoms with Gasteiger partial charge in [0.2, 0.25) is 10.0 Å².